The van der Waals surface area contributed by atoms with Gasteiger partial charge in [0.15, 0.2) is 11.5 Å². The summed E-state index contributed by atoms with van der Waals surface area (Å²) in [7, 11) is 0. The molecule has 3 rings (SSSR count). The Kier molecular flexibility index (Phi) is 1.59. The molecule has 3 heterocycles. The number of anilines is 2. The number of rotatable bonds is 1. The van der Waals surface area contributed by atoms with Gasteiger partial charge in [0.25, 0.3) is 0 Å². The van der Waals surface area contributed by atoms with E-state index >= 15 is 0 Å². The van der Waals surface area contributed by atoms with Gasteiger partial charge in [0.1, 0.15) is 11.8 Å². The maximum atomic E-state index is 5.83. The average Bonchev–Trinajstić information content (AvgIpc) is 2.75. The van der Waals surface area contributed by atoms with Crippen molar-refractivity contribution in [1.29, 1.82) is 0 Å². The number of nitrogens with two attached hydrogens (primary N) is 1. The van der Waals surface area contributed by atoms with Crippen LogP contribution in [-0.4, -0.2) is 32.6 Å². The lowest BCUT2D eigenvalue weighted by Crippen LogP contribution is -2.19. The number of likely N-dealkylation sites (N-methyl/N-ethyl adjacent to an activating group) is 1. The van der Waals surface area contributed by atoms with E-state index in [1.807, 2.05) is 0 Å². The van der Waals surface area contributed by atoms with E-state index in [4.69, 9.17) is 5.73 Å². The van der Waals surface area contributed by atoms with Gasteiger partial charge in [-0.2, -0.15) is 4.98 Å². The van der Waals surface area contributed by atoms with Gasteiger partial charge < -0.3 is 15.2 Å². The van der Waals surface area contributed by atoms with E-state index in [2.05, 4.69) is 31.3 Å². The number of imidazole rings is 1. The molecule has 2 aromatic rings. The first-order chi connectivity index (χ1) is 7.31. The molecule has 15 heavy (non-hydrogen) atoms. The molecule has 0 fully saturated rings. The smallest absolute Gasteiger partial charge is 0.208 e. The highest BCUT2D eigenvalue weighted by atomic mass is 15.4. The van der Waals surface area contributed by atoms with Crippen molar-refractivity contribution in [2.45, 2.75) is 13.5 Å². The van der Waals surface area contributed by atoms with Gasteiger partial charge in [0.05, 0.1) is 0 Å². The second kappa shape index (κ2) is 2.82. The first-order valence-corrected chi connectivity index (χ1v) is 5.03. The van der Waals surface area contributed by atoms with E-state index in [-0.39, 0.29) is 0 Å². The van der Waals surface area contributed by atoms with Gasteiger partial charge in [0.2, 0.25) is 5.95 Å². The van der Waals surface area contributed by atoms with Gasteiger partial charge in [-0.15, -0.1) is 0 Å². The highest BCUT2D eigenvalue weighted by Crippen LogP contribution is 2.27. The number of hydrogen-bond donors (Lipinski definition) is 1. The molecule has 6 nitrogen and oxygen atoms in total. The van der Waals surface area contributed by atoms with Crippen LogP contribution in [0.2, 0.25) is 0 Å². The quantitative estimate of drug-likeness (QED) is 0.720. The lowest BCUT2D eigenvalue weighted by Gasteiger charge is -2.11. The van der Waals surface area contributed by atoms with Gasteiger partial charge in [-0.3, -0.25) is 0 Å². The summed E-state index contributed by atoms with van der Waals surface area (Å²) < 4.78 is 2.09. The second-order valence-electron chi connectivity index (χ2n) is 3.57. The minimum absolute atomic E-state index is 0.511. The average molecular weight is 204 g/mol. The Morgan fingerprint density at radius 3 is 3.07 bits per heavy atom. The number of hydrogen-bond acceptors (Lipinski definition) is 5. The van der Waals surface area contributed by atoms with Crippen molar-refractivity contribution in [3.8, 4) is 0 Å². The number of aromatic nitrogens is 4. The Morgan fingerprint density at radius 2 is 2.27 bits per heavy atom. The normalized spacial score (nSPS) is 14.9. The van der Waals surface area contributed by atoms with Crippen LogP contribution in [0.5, 0.6) is 0 Å². The first-order valence-electron chi connectivity index (χ1n) is 5.03. The SMILES string of the molecule is CCN1CCn2c1nc1ncnc(N)c12. The van der Waals surface area contributed by atoms with Gasteiger partial charge in [-0.1, -0.05) is 0 Å². The largest absolute Gasteiger partial charge is 0.382 e. The van der Waals surface area contributed by atoms with Crippen molar-refractivity contribution in [2.24, 2.45) is 0 Å². The molecule has 0 amide bonds. The zero-order valence-corrected chi connectivity index (χ0v) is 8.51. The fourth-order valence-electron chi connectivity index (χ4n) is 2.05. The third-order valence-corrected chi connectivity index (χ3v) is 2.81. The van der Waals surface area contributed by atoms with E-state index < -0.39 is 0 Å². The Balaban J connectivity index is 2.31. The molecule has 0 atom stereocenters. The number of nitrogen functional groups attached to an aromatic ring is 1. The summed E-state index contributed by atoms with van der Waals surface area (Å²) in [6.45, 7) is 4.97. The Labute approximate surface area is 86.7 Å². The van der Waals surface area contributed by atoms with Crippen molar-refractivity contribution in [2.75, 3.05) is 23.7 Å². The standard InChI is InChI=1S/C9H12N6/c1-2-14-3-4-15-6-7(10)11-5-12-8(6)13-9(14)15/h5H,2-4H2,1H3,(H2,10,11,12). The monoisotopic (exact) mass is 204 g/mol. The maximum absolute atomic E-state index is 5.83. The summed E-state index contributed by atoms with van der Waals surface area (Å²) in [5, 5.41) is 0. The fourth-order valence-corrected chi connectivity index (χ4v) is 2.05. The predicted molar refractivity (Wildman–Crippen MR) is 57.6 cm³/mol. The molecule has 0 radical (unpaired) electrons. The first kappa shape index (κ1) is 8.46. The molecule has 0 saturated carbocycles. The van der Waals surface area contributed by atoms with Gasteiger partial charge >= 0.3 is 0 Å². The molecule has 0 spiro atoms. The van der Waals surface area contributed by atoms with Crippen LogP contribution in [0.25, 0.3) is 11.2 Å². The van der Waals surface area contributed by atoms with E-state index in [0.29, 0.717) is 11.5 Å². The third kappa shape index (κ3) is 1.01. The molecular formula is C9H12N6. The van der Waals surface area contributed by atoms with Crippen molar-refractivity contribution in [1.82, 2.24) is 19.5 Å². The van der Waals surface area contributed by atoms with Crippen LogP contribution < -0.4 is 10.6 Å². The van der Waals surface area contributed by atoms with Crippen LogP contribution in [-0.2, 0) is 6.54 Å². The zero-order valence-electron chi connectivity index (χ0n) is 8.51. The van der Waals surface area contributed by atoms with Crippen molar-refractivity contribution in [3.63, 3.8) is 0 Å². The number of fused-ring (bicyclic) bond motifs is 3. The Hall–Kier alpha value is -1.85. The summed E-state index contributed by atoms with van der Waals surface area (Å²) >= 11 is 0. The zero-order chi connectivity index (χ0) is 10.4. The maximum Gasteiger partial charge on any atom is 0.208 e. The molecule has 0 unspecified atom stereocenters. The van der Waals surface area contributed by atoms with Crippen LogP contribution in [0, 0.1) is 0 Å². The minimum atomic E-state index is 0.511. The van der Waals surface area contributed by atoms with Gasteiger partial charge in [-0.25, -0.2) is 9.97 Å². The highest BCUT2D eigenvalue weighted by molar-refractivity contribution is 5.84. The van der Waals surface area contributed by atoms with Crippen LogP contribution in [0.4, 0.5) is 11.8 Å². The molecule has 78 valence electrons. The Morgan fingerprint density at radius 1 is 1.40 bits per heavy atom. The predicted octanol–water partition coefficient (Wildman–Crippen LogP) is 0.248. The van der Waals surface area contributed by atoms with Crippen molar-refractivity contribution in [3.05, 3.63) is 6.33 Å². The minimum Gasteiger partial charge on any atom is -0.382 e. The molecule has 0 bridgehead atoms. The van der Waals surface area contributed by atoms with E-state index in [1.165, 1.54) is 6.33 Å². The molecule has 0 aliphatic carbocycles. The molecule has 6 heteroatoms. The molecule has 2 aromatic heterocycles. The number of nitrogens with zero attached hydrogens (tertiary/aromatic N) is 5. The molecule has 0 aromatic carbocycles. The molecular weight excluding hydrogens is 192 g/mol. The van der Waals surface area contributed by atoms with Crippen molar-refractivity contribution >= 4 is 22.9 Å². The van der Waals surface area contributed by atoms with Gasteiger partial charge in [-0.05, 0) is 6.92 Å². The summed E-state index contributed by atoms with van der Waals surface area (Å²) in [6.07, 6.45) is 1.46. The molecule has 2 N–H and O–H groups in total. The van der Waals surface area contributed by atoms with E-state index in [0.717, 1.165) is 31.1 Å². The molecule has 0 saturated heterocycles. The van der Waals surface area contributed by atoms with E-state index in [9.17, 15) is 0 Å². The topological polar surface area (TPSA) is 72.9 Å². The highest BCUT2D eigenvalue weighted by Gasteiger charge is 2.24. The second-order valence-corrected chi connectivity index (χ2v) is 3.57. The fraction of sp³-hybridized carbons (Fsp3) is 0.444. The lowest BCUT2D eigenvalue weighted by molar-refractivity contribution is 0.797. The summed E-state index contributed by atoms with van der Waals surface area (Å²) in [5.41, 5.74) is 7.38. The Bertz CT molecular complexity index is 517. The van der Waals surface area contributed by atoms with E-state index in [1.54, 1.807) is 0 Å². The lowest BCUT2D eigenvalue weighted by atomic mass is 10.5. The van der Waals surface area contributed by atoms with Crippen LogP contribution >= 0.6 is 0 Å². The van der Waals surface area contributed by atoms with Crippen LogP contribution in [0.3, 0.4) is 0 Å². The summed E-state index contributed by atoms with van der Waals surface area (Å²) in [5.74, 6) is 1.47. The molecule has 1 aliphatic rings. The van der Waals surface area contributed by atoms with Crippen LogP contribution in [0.1, 0.15) is 6.92 Å². The van der Waals surface area contributed by atoms with Crippen LogP contribution in [0.15, 0.2) is 6.33 Å². The summed E-state index contributed by atoms with van der Waals surface area (Å²) in [6, 6.07) is 0. The van der Waals surface area contributed by atoms with Gasteiger partial charge in [0, 0.05) is 19.6 Å². The van der Waals surface area contributed by atoms with Crippen molar-refractivity contribution < 1.29 is 0 Å². The third-order valence-electron chi connectivity index (χ3n) is 2.81. The summed E-state index contributed by atoms with van der Waals surface area (Å²) in [4.78, 5) is 14.8. The molecule has 1 aliphatic heterocycles.